The normalized spacial score (nSPS) is 30.5. The lowest BCUT2D eigenvalue weighted by molar-refractivity contribution is -0.282. The van der Waals surface area contributed by atoms with E-state index < -0.39 is 38.8 Å². The van der Waals surface area contributed by atoms with E-state index in [2.05, 4.69) is 33.9 Å². The highest BCUT2D eigenvalue weighted by Crippen LogP contribution is 2.38. The molecule has 0 aliphatic carbocycles. The topological polar surface area (TPSA) is 109 Å². The molecule has 2 saturated heterocycles. The van der Waals surface area contributed by atoms with Crippen LogP contribution in [0.4, 0.5) is 0 Å². The Morgan fingerprint density at radius 2 is 1.75 bits per heavy atom. The molecule has 0 radical (unpaired) electrons. The van der Waals surface area contributed by atoms with Gasteiger partial charge >= 0.3 is 0 Å². The van der Waals surface area contributed by atoms with E-state index in [4.69, 9.17) is 13.9 Å². The highest BCUT2D eigenvalue weighted by molar-refractivity contribution is 6.74. The van der Waals surface area contributed by atoms with E-state index in [1.165, 1.54) is 0 Å². The summed E-state index contributed by atoms with van der Waals surface area (Å²) in [4.78, 5) is 14.5. The highest BCUT2D eigenvalue weighted by Gasteiger charge is 2.42. The molecule has 0 saturated carbocycles. The standard InChI is InChI=1S/C23H45NO7Si/c1-16-20(27)21(28)18(15-25)30-22(16)29-14-8-7-9-19(26)24-12-10-17(11-13-24)31-32(5,6)23(2,3)4/h16-18,20-22,25,27-28H,7-15H2,1-6H3/t16-,18?,20?,21-,22+/m0/s1. The zero-order chi connectivity index (χ0) is 24.1. The molecule has 0 spiro atoms. The first-order valence-electron chi connectivity index (χ1n) is 12.1. The van der Waals surface area contributed by atoms with Gasteiger partial charge in [0.1, 0.15) is 12.2 Å². The van der Waals surface area contributed by atoms with Gasteiger partial charge in [0.15, 0.2) is 14.6 Å². The van der Waals surface area contributed by atoms with Gasteiger partial charge in [0.25, 0.3) is 0 Å². The fourth-order valence-electron chi connectivity index (χ4n) is 3.96. The first-order chi connectivity index (χ1) is 14.9. The van der Waals surface area contributed by atoms with E-state index >= 15 is 0 Å². The minimum atomic E-state index is -1.78. The number of nitrogens with zero attached hydrogens (tertiary/aromatic N) is 1. The van der Waals surface area contributed by atoms with Gasteiger partial charge in [-0.3, -0.25) is 4.79 Å². The molecule has 2 fully saturated rings. The number of piperidine rings is 1. The summed E-state index contributed by atoms with van der Waals surface area (Å²) < 4.78 is 17.8. The molecule has 0 aromatic carbocycles. The molecule has 0 aromatic rings. The number of likely N-dealkylation sites (tertiary alicyclic amines) is 1. The van der Waals surface area contributed by atoms with E-state index in [9.17, 15) is 20.1 Å². The first kappa shape index (κ1) is 27.7. The van der Waals surface area contributed by atoms with Crippen molar-refractivity contribution >= 4 is 14.2 Å². The third-order valence-electron chi connectivity index (χ3n) is 7.32. The Hall–Kier alpha value is -0.553. The van der Waals surface area contributed by atoms with Gasteiger partial charge in [0, 0.05) is 38.1 Å². The van der Waals surface area contributed by atoms with Crippen molar-refractivity contribution in [1.82, 2.24) is 4.90 Å². The second-order valence-electron chi connectivity index (χ2n) is 10.9. The SMILES string of the molecule is C[C@H]1C(O)[C@@H](O)C(CO)O[C@H]1OCCCCC(=O)N1CCC(O[Si](C)(C)C(C)(C)C)CC1. The van der Waals surface area contributed by atoms with Crippen molar-refractivity contribution in [3.8, 4) is 0 Å². The predicted octanol–water partition coefficient (Wildman–Crippen LogP) is 2.26. The molecule has 2 rings (SSSR count). The molecular weight excluding hydrogens is 430 g/mol. The minimum Gasteiger partial charge on any atom is -0.414 e. The van der Waals surface area contributed by atoms with Crippen LogP contribution in [-0.4, -0.2) is 91.5 Å². The van der Waals surface area contributed by atoms with Crippen LogP contribution in [0.25, 0.3) is 0 Å². The summed E-state index contributed by atoms with van der Waals surface area (Å²) in [5.41, 5.74) is 0. The number of carbonyl (C=O) groups excluding carboxylic acids is 1. The average molecular weight is 476 g/mol. The van der Waals surface area contributed by atoms with Crippen molar-refractivity contribution < 1.29 is 34.0 Å². The van der Waals surface area contributed by atoms with Gasteiger partial charge in [0.2, 0.25) is 5.91 Å². The van der Waals surface area contributed by atoms with E-state index in [1.807, 2.05) is 4.90 Å². The maximum absolute atomic E-state index is 12.6. The highest BCUT2D eigenvalue weighted by atomic mass is 28.4. The molecule has 0 aromatic heterocycles. The Morgan fingerprint density at radius 3 is 2.31 bits per heavy atom. The third kappa shape index (κ3) is 7.22. The van der Waals surface area contributed by atoms with Gasteiger partial charge in [-0.2, -0.15) is 0 Å². The van der Waals surface area contributed by atoms with Crippen molar-refractivity contribution in [2.45, 2.75) is 109 Å². The Balaban J connectivity index is 1.64. The number of rotatable bonds is 9. The van der Waals surface area contributed by atoms with Crippen molar-refractivity contribution in [3.05, 3.63) is 0 Å². The summed E-state index contributed by atoms with van der Waals surface area (Å²) >= 11 is 0. The first-order valence-corrected chi connectivity index (χ1v) is 15.0. The molecule has 8 nitrogen and oxygen atoms in total. The fourth-order valence-corrected chi connectivity index (χ4v) is 5.39. The molecule has 2 aliphatic heterocycles. The number of hydrogen-bond donors (Lipinski definition) is 3. The summed E-state index contributed by atoms with van der Waals surface area (Å²) in [5.74, 6) is -0.221. The number of ether oxygens (including phenoxy) is 2. The Morgan fingerprint density at radius 1 is 1.12 bits per heavy atom. The molecule has 2 aliphatic rings. The van der Waals surface area contributed by atoms with Gasteiger partial charge in [-0.25, -0.2) is 0 Å². The second-order valence-corrected chi connectivity index (χ2v) is 15.6. The van der Waals surface area contributed by atoms with E-state index in [0.717, 1.165) is 32.4 Å². The maximum Gasteiger partial charge on any atom is 0.222 e. The molecule has 2 unspecified atom stereocenters. The van der Waals surface area contributed by atoms with Crippen LogP contribution in [0.5, 0.6) is 0 Å². The zero-order valence-corrected chi connectivity index (χ0v) is 21.7. The monoisotopic (exact) mass is 475 g/mol. The van der Waals surface area contributed by atoms with E-state index in [0.29, 0.717) is 19.4 Å². The molecule has 9 heteroatoms. The lowest BCUT2D eigenvalue weighted by Crippen LogP contribution is -2.55. The quantitative estimate of drug-likeness (QED) is 0.347. The second kappa shape index (κ2) is 11.7. The number of hydrogen-bond acceptors (Lipinski definition) is 7. The largest absolute Gasteiger partial charge is 0.414 e. The number of amides is 1. The molecule has 32 heavy (non-hydrogen) atoms. The summed E-state index contributed by atoms with van der Waals surface area (Å²) in [5, 5.41) is 29.4. The number of aliphatic hydroxyl groups is 3. The molecule has 0 bridgehead atoms. The average Bonchev–Trinajstić information content (AvgIpc) is 2.72. The molecule has 2 heterocycles. The lowest BCUT2D eigenvalue weighted by atomic mass is 9.92. The van der Waals surface area contributed by atoms with Crippen LogP contribution < -0.4 is 0 Å². The van der Waals surface area contributed by atoms with Gasteiger partial charge in [-0.05, 0) is 43.8 Å². The summed E-state index contributed by atoms with van der Waals surface area (Å²) in [6.07, 6.45) is 0.302. The molecule has 5 atom stereocenters. The molecule has 188 valence electrons. The lowest BCUT2D eigenvalue weighted by Gasteiger charge is -2.42. The van der Waals surface area contributed by atoms with Crippen molar-refractivity contribution in [3.63, 3.8) is 0 Å². The van der Waals surface area contributed by atoms with Crippen molar-refractivity contribution in [1.29, 1.82) is 0 Å². The summed E-state index contributed by atoms with van der Waals surface area (Å²) in [6.45, 7) is 14.6. The van der Waals surface area contributed by atoms with Crippen LogP contribution in [0.15, 0.2) is 0 Å². The van der Waals surface area contributed by atoms with Crippen molar-refractivity contribution in [2.24, 2.45) is 5.92 Å². The summed E-state index contributed by atoms with van der Waals surface area (Å²) in [7, 11) is -1.78. The fraction of sp³-hybridized carbons (Fsp3) is 0.957. The smallest absolute Gasteiger partial charge is 0.222 e. The van der Waals surface area contributed by atoms with Gasteiger partial charge in [-0.1, -0.05) is 27.7 Å². The van der Waals surface area contributed by atoms with Crippen molar-refractivity contribution in [2.75, 3.05) is 26.3 Å². The zero-order valence-electron chi connectivity index (χ0n) is 20.7. The van der Waals surface area contributed by atoms with Crippen LogP contribution in [0, 0.1) is 5.92 Å². The minimum absolute atomic E-state index is 0.178. The third-order valence-corrected chi connectivity index (χ3v) is 11.9. The van der Waals surface area contributed by atoms with Crippen LogP contribution in [0.1, 0.15) is 59.8 Å². The molecule has 3 N–H and O–H groups in total. The Kier molecular flexibility index (Phi) is 10.1. The summed E-state index contributed by atoms with van der Waals surface area (Å²) in [6, 6.07) is 0. The number of carbonyl (C=O) groups is 1. The van der Waals surface area contributed by atoms with Crippen LogP contribution in [0.2, 0.25) is 18.1 Å². The Labute approximate surface area is 194 Å². The van der Waals surface area contributed by atoms with Gasteiger partial charge in [-0.15, -0.1) is 0 Å². The Bertz CT molecular complexity index is 587. The number of unbranched alkanes of at least 4 members (excludes halogenated alkanes) is 1. The number of aliphatic hydroxyl groups excluding tert-OH is 3. The van der Waals surface area contributed by atoms with Crippen LogP contribution >= 0.6 is 0 Å². The van der Waals surface area contributed by atoms with E-state index in [1.54, 1.807) is 6.92 Å². The molecule has 1 amide bonds. The predicted molar refractivity (Wildman–Crippen MR) is 125 cm³/mol. The van der Waals surface area contributed by atoms with Gasteiger partial charge < -0.3 is 34.1 Å². The maximum atomic E-state index is 12.6. The van der Waals surface area contributed by atoms with E-state index in [-0.39, 0.29) is 23.7 Å². The van der Waals surface area contributed by atoms with Crippen LogP contribution in [-0.2, 0) is 18.7 Å². The van der Waals surface area contributed by atoms with Crippen LogP contribution in [0.3, 0.4) is 0 Å². The molecular formula is C23H45NO7Si. The van der Waals surface area contributed by atoms with Gasteiger partial charge in [0.05, 0.1) is 12.7 Å².